The van der Waals surface area contributed by atoms with Crippen LogP contribution in [0, 0.1) is 5.41 Å². The van der Waals surface area contributed by atoms with Crippen LogP contribution in [-0.4, -0.2) is 43.8 Å². The van der Waals surface area contributed by atoms with Gasteiger partial charge in [-0.3, -0.25) is 5.41 Å². The lowest BCUT2D eigenvalue weighted by molar-refractivity contribution is -0.0499. The van der Waals surface area contributed by atoms with Crippen molar-refractivity contribution in [1.82, 2.24) is 4.90 Å². The summed E-state index contributed by atoms with van der Waals surface area (Å²) in [6, 6.07) is 0. The third kappa shape index (κ3) is 2.48. The third-order valence-electron chi connectivity index (χ3n) is 1.69. The Balaban J connectivity index is 2.23. The van der Waals surface area contributed by atoms with Gasteiger partial charge in [-0.2, -0.15) is 0 Å². The molecule has 1 saturated heterocycles. The van der Waals surface area contributed by atoms with E-state index >= 15 is 0 Å². The van der Waals surface area contributed by atoms with E-state index in [1.807, 2.05) is 7.05 Å². The number of ether oxygens (including phenoxy) is 2. The molecule has 1 N–H and O–H groups in total. The van der Waals surface area contributed by atoms with Crippen LogP contribution >= 0.6 is 0 Å². The van der Waals surface area contributed by atoms with Crippen molar-refractivity contribution in [1.29, 1.82) is 5.41 Å². The standard InChI is InChI=1S/C7H14N2O2/c1-6(8)9(2)5-7-10-3-4-11-7/h7-8H,3-5H2,1-2H3. The maximum Gasteiger partial charge on any atom is 0.175 e. The molecule has 0 bridgehead atoms. The molecule has 1 rings (SSSR count). The zero-order valence-electron chi connectivity index (χ0n) is 6.96. The minimum Gasteiger partial charge on any atom is -0.359 e. The minimum absolute atomic E-state index is 0.139. The van der Waals surface area contributed by atoms with Gasteiger partial charge in [0.1, 0.15) is 0 Å². The van der Waals surface area contributed by atoms with E-state index in [-0.39, 0.29) is 6.29 Å². The van der Waals surface area contributed by atoms with Gasteiger partial charge in [0.25, 0.3) is 0 Å². The summed E-state index contributed by atoms with van der Waals surface area (Å²) in [7, 11) is 1.85. The number of hydrogen-bond acceptors (Lipinski definition) is 3. The summed E-state index contributed by atoms with van der Waals surface area (Å²) >= 11 is 0. The van der Waals surface area contributed by atoms with Gasteiger partial charge in [0.15, 0.2) is 6.29 Å². The molecule has 0 amide bonds. The fraction of sp³-hybridized carbons (Fsp3) is 0.857. The minimum atomic E-state index is -0.139. The Morgan fingerprint density at radius 3 is 2.55 bits per heavy atom. The van der Waals surface area contributed by atoms with Crippen molar-refractivity contribution in [3.8, 4) is 0 Å². The Morgan fingerprint density at radius 1 is 1.55 bits per heavy atom. The van der Waals surface area contributed by atoms with Gasteiger partial charge in [0.05, 0.1) is 25.6 Å². The lowest BCUT2D eigenvalue weighted by Crippen LogP contribution is -2.32. The van der Waals surface area contributed by atoms with E-state index in [4.69, 9.17) is 14.9 Å². The summed E-state index contributed by atoms with van der Waals surface area (Å²) in [5.41, 5.74) is 0. The second kappa shape index (κ2) is 3.69. The largest absolute Gasteiger partial charge is 0.359 e. The molecule has 0 aromatic rings. The highest BCUT2D eigenvalue weighted by Gasteiger charge is 2.17. The Morgan fingerprint density at radius 2 is 2.09 bits per heavy atom. The van der Waals surface area contributed by atoms with Crippen LogP contribution in [0.2, 0.25) is 0 Å². The molecule has 0 aromatic carbocycles. The molecule has 1 fully saturated rings. The first-order chi connectivity index (χ1) is 5.20. The Hall–Kier alpha value is -0.610. The van der Waals surface area contributed by atoms with Gasteiger partial charge in [0.2, 0.25) is 0 Å². The number of rotatable bonds is 2. The van der Waals surface area contributed by atoms with Crippen LogP contribution in [0.5, 0.6) is 0 Å². The first-order valence-corrected chi connectivity index (χ1v) is 3.69. The highest BCUT2D eigenvalue weighted by Crippen LogP contribution is 2.04. The van der Waals surface area contributed by atoms with Crippen LogP contribution in [-0.2, 0) is 9.47 Å². The van der Waals surface area contributed by atoms with Gasteiger partial charge in [-0.1, -0.05) is 0 Å². The molecule has 0 saturated carbocycles. The highest BCUT2D eigenvalue weighted by molar-refractivity contribution is 5.75. The zero-order chi connectivity index (χ0) is 8.27. The topological polar surface area (TPSA) is 45.6 Å². The number of amidine groups is 1. The van der Waals surface area contributed by atoms with Crippen molar-refractivity contribution >= 4 is 5.84 Å². The van der Waals surface area contributed by atoms with Crippen molar-refractivity contribution < 1.29 is 9.47 Å². The van der Waals surface area contributed by atoms with Gasteiger partial charge in [-0.25, -0.2) is 0 Å². The molecule has 0 aromatic heterocycles. The fourth-order valence-corrected chi connectivity index (χ4v) is 0.873. The fourth-order valence-electron chi connectivity index (χ4n) is 0.873. The van der Waals surface area contributed by atoms with E-state index in [0.717, 1.165) is 0 Å². The van der Waals surface area contributed by atoms with Crippen molar-refractivity contribution in [2.24, 2.45) is 0 Å². The predicted molar refractivity (Wildman–Crippen MR) is 41.7 cm³/mol. The van der Waals surface area contributed by atoms with Crippen molar-refractivity contribution in [3.05, 3.63) is 0 Å². The number of hydrogen-bond donors (Lipinski definition) is 1. The maximum atomic E-state index is 7.28. The number of nitrogens with one attached hydrogen (secondary N) is 1. The summed E-state index contributed by atoms with van der Waals surface area (Å²) < 4.78 is 10.4. The molecule has 0 aliphatic carbocycles. The summed E-state index contributed by atoms with van der Waals surface area (Å²) in [5.74, 6) is 0.532. The van der Waals surface area contributed by atoms with E-state index in [1.165, 1.54) is 0 Å². The third-order valence-corrected chi connectivity index (χ3v) is 1.69. The lowest BCUT2D eigenvalue weighted by atomic mass is 10.5. The Labute approximate surface area is 66.6 Å². The monoisotopic (exact) mass is 158 g/mol. The van der Waals surface area contributed by atoms with E-state index in [2.05, 4.69) is 0 Å². The molecule has 0 unspecified atom stereocenters. The predicted octanol–water partition coefficient (Wildman–Crippen LogP) is 0.288. The summed E-state index contributed by atoms with van der Waals surface area (Å²) in [5, 5.41) is 7.28. The van der Waals surface area contributed by atoms with Gasteiger partial charge < -0.3 is 14.4 Å². The first-order valence-electron chi connectivity index (χ1n) is 3.69. The van der Waals surface area contributed by atoms with Gasteiger partial charge in [-0.15, -0.1) is 0 Å². The van der Waals surface area contributed by atoms with Gasteiger partial charge in [-0.05, 0) is 6.92 Å². The molecule has 4 nitrogen and oxygen atoms in total. The van der Waals surface area contributed by atoms with Crippen LogP contribution in [0.4, 0.5) is 0 Å². The molecule has 4 heteroatoms. The smallest absolute Gasteiger partial charge is 0.175 e. The quantitative estimate of drug-likeness (QED) is 0.464. The van der Waals surface area contributed by atoms with Gasteiger partial charge >= 0.3 is 0 Å². The number of nitrogens with zero attached hydrogens (tertiary/aromatic N) is 1. The molecule has 1 aliphatic rings. The van der Waals surface area contributed by atoms with Crippen LogP contribution < -0.4 is 0 Å². The summed E-state index contributed by atoms with van der Waals surface area (Å²) in [4.78, 5) is 1.80. The van der Waals surface area contributed by atoms with Crippen LogP contribution in [0.15, 0.2) is 0 Å². The molecule has 0 spiro atoms. The molecule has 11 heavy (non-hydrogen) atoms. The average Bonchev–Trinajstić information content (AvgIpc) is 2.39. The summed E-state index contributed by atoms with van der Waals surface area (Å²) in [6.07, 6.45) is -0.139. The SMILES string of the molecule is CC(=N)N(C)CC1OCCO1. The molecule has 0 radical (unpaired) electrons. The molecule has 64 valence electrons. The molecular weight excluding hydrogens is 144 g/mol. The van der Waals surface area contributed by atoms with Crippen LogP contribution in [0.25, 0.3) is 0 Å². The number of likely N-dealkylation sites (N-methyl/N-ethyl adjacent to an activating group) is 1. The normalized spacial score (nSPS) is 18.7. The van der Waals surface area contributed by atoms with E-state index in [0.29, 0.717) is 25.6 Å². The summed E-state index contributed by atoms with van der Waals surface area (Å²) in [6.45, 7) is 3.75. The van der Waals surface area contributed by atoms with Crippen molar-refractivity contribution in [2.75, 3.05) is 26.8 Å². The van der Waals surface area contributed by atoms with Crippen molar-refractivity contribution in [2.45, 2.75) is 13.2 Å². The van der Waals surface area contributed by atoms with E-state index < -0.39 is 0 Å². The maximum absolute atomic E-state index is 7.28. The Kier molecular flexibility index (Phi) is 2.84. The second-order valence-corrected chi connectivity index (χ2v) is 2.64. The van der Waals surface area contributed by atoms with Crippen LogP contribution in [0.1, 0.15) is 6.92 Å². The van der Waals surface area contributed by atoms with Crippen LogP contribution in [0.3, 0.4) is 0 Å². The highest BCUT2D eigenvalue weighted by atomic mass is 16.7. The lowest BCUT2D eigenvalue weighted by Gasteiger charge is -2.20. The second-order valence-electron chi connectivity index (χ2n) is 2.64. The molecule has 0 atom stereocenters. The molecule has 1 aliphatic heterocycles. The van der Waals surface area contributed by atoms with E-state index in [9.17, 15) is 0 Å². The molecule has 1 heterocycles. The van der Waals surface area contributed by atoms with Gasteiger partial charge in [0, 0.05) is 7.05 Å². The average molecular weight is 158 g/mol. The first kappa shape index (κ1) is 8.49. The Bertz CT molecular complexity index is 143. The zero-order valence-corrected chi connectivity index (χ0v) is 6.96. The van der Waals surface area contributed by atoms with Crippen molar-refractivity contribution in [3.63, 3.8) is 0 Å². The van der Waals surface area contributed by atoms with E-state index in [1.54, 1.807) is 11.8 Å². The molecular formula is C7H14N2O2.